The predicted molar refractivity (Wildman–Crippen MR) is 73.6 cm³/mol. The van der Waals surface area contributed by atoms with Gasteiger partial charge >= 0.3 is 0 Å². The number of hydrogen-bond donors (Lipinski definition) is 0. The topological polar surface area (TPSA) is 59.4 Å². The van der Waals surface area contributed by atoms with Crippen LogP contribution in [0, 0.1) is 0 Å². The first-order valence-electron chi connectivity index (χ1n) is 6.52. The summed E-state index contributed by atoms with van der Waals surface area (Å²) in [5.41, 5.74) is 0.965. The monoisotopic (exact) mass is 284 g/mol. The smallest absolute Gasteiger partial charge is 0.227 e. The van der Waals surface area contributed by atoms with Crippen molar-refractivity contribution in [2.75, 3.05) is 18.1 Å². The van der Waals surface area contributed by atoms with E-state index < -0.39 is 9.84 Å². The van der Waals surface area contributed by atoms with Crippen LogP contribution >= 0.6 is 0 Å². The second kappa shape index (κ2) is 5.36. The van der Waals surface area contributed by atoms with Crippen molar-refractivity contribution in [1.29, 1.82) is 0 Å². The molecule has 2 rings (SSSR count). The van der Waals surface area contributed by atoms with E-state index in [2.05, 4.69) is 0 Å². The summed E-state index contributed by atoms with van der Waals surface area (Å²) in [7, 11) is -1.04. The first kappa shape index (κ1) is 14.1. The Balaban J connectivity index is 2.03. The third kappa shape index (κ3) is 3.37. The summed E-state index contributed by atoms with van der Waals surface area (Å²) in [6.45, 7) is 2.46. The van der Waals surface area contributed by atoms with Crippen LogP contribution in [0.2, 0.25) is 0 Å². The van der Waals surface area contributed by atoms with E-state index in [-0.39, 0.29) is 23.5 Å². The van der Waals surface area contributed by atoms with Crippen LogP contribution in [-0.2, 0) is 28.1 Å². The average molecular weight is 284 g/mol. The normalized spacial score (nSPS) is 21.5. The molecule has 1 amide bonds. The molecule has 0 spiro atoms. The second-order valence-corrected chi connectivity index (χ2v) is 7.33. The van der Waals surface area contributed by atoms with Crippen molar-refractivity contribution in [3.8, 4) is 0 Å². The summed E-state index contributed by atoms with van der Waals surface area (Å²) in [4.78, 5) is 14.0. The molecule has 1 saturated heterocycles. The van der Waals surface area contributed by atoms with Crippen molar-refractivity contribution in [2.24, 2.45) is 7.05 Å². The molecule has 0 N–H and O–H groups in total. The van der Waals surface area contributed by atoms with E-state index in [0.29, 0.717) is 19.4 Å². The number of hydrogen-bond acceptors (Lipinski definition) is 3. The summed E-state index contributed by atoms with van der Waals surface area (Å²) in [5.74, 6) is 0.324. The molecule has 1 aliphatic rings. The van der Waals surface area contributed by atoms with Gasteiger partial charge in [-0.15, -0.1) is 0 Å². The average Bonchev–Trinajstić information content (AvgIpc) is 2.86. The molecule has 0 saturated carbocycles. The van der Waals surface area contributed by atoms with Gasteiger partial charge in [-0.2, -0.15) is 0 Å². The molecule has 0 radical (unpaired) electrons. The third-order valence-electron chi connectivity index (χ3n) is 3.56. The second-order valence-electron chi connectivity index (χ2n) is 5.10. The molecule has 1 unspecified atom stereocenters. The number of sulfone groups is 1. The van der Waals surface area contributed by atoms with Gasteiger partial charge in [0.2, 0.25) is 5.91 Å². The lowest BCUT2D eigenvalue weighted by atomic mass is 10.1. The highest BCUT2D eigenvalue weighted by Gasteiger charge is 2.33. The molecular formula is C13H20N2O3S. The Hall–Kier alpha value is -1.30. The number of carbonyl (C=O) groups excluding carboxylic acids is 1. The zero-order chi connectivity index (χ0) is 14.0. The Morgan fingerprint density at radius 3 is 2.74 bits per heavy atom. The van der Waals surface area contributed by atoms with Crippen LogP contribution in [0.25, 0.3) is 0 Å². The summed E-state index contributed by atoms with van der Waals surface area (Å²) >= 11 is 0. The van der Waals surface area contributed by atoms with Gasteiger partial charge in [0.1, 0.15) is 0 Å². The predicted octanol–water partition coefficient (Wildman–Crippen LogP) is 0.603. The Morgan fingerprint density at radius 2 is 2.26 bits per heavy atom. The van der Waals surface area contributed by atoms with Gasteiger partial charge < -0.3 is 9.47 Å². The number of aromatic nitrogens is 1. The van der Waals surface area contributed by atoms with Crippen LogP contribution in [0.15, 0.2) is 18.5 Å². The van der Waals surface area contributed by atoms with Gasteiger partial charge in [0.25, 0.3) is 0 Å². The molecule has 1 aromatic heterocycles. The van der Waals surface area contributed by atoms with Gasteiger partial charge in [-0.3, -0.25) is 4.79 Å². The maximum Gasteiger partial charge on any atom is 0.227 e. The van der Waals surface area contributed by atoms with Crippen LogP contribution in [-0.4, -0.2) is 47.9 Å². The number of amides is 1. The summed E-state index contributed by atoms with van der Waals surface area (Å²) in [6, 6.07) is 1.77. The molecule has 0 bridgehead atoms. The molecule has 2 heterocycles. The molecule has 1 fully saturated rings. The Kier molecular flexibility index (Phi) is 3.99. The van der Waals surface area contributed by atoms with Crippen molar-refractivity contribution >= 4 is 15.7 Å². The molecule has 0 aromatic carbocycles. The minimum absolute atomic E-state index is 0.0100. The van der Waals surface area contributed by atoms with Crippen LogP contribution in [0.1, 0.15) is 18.9 Å². The van der Waals surface area contributed by atoms with E-state index in [4.69, 9.17) is 0 Å². The zero-order valence-corrected chi connectivity index (χ0v) is 12.2. The minimum Gasteiger partial charge on any atom is -0.357 e. The molecule has 0 aliphatic carbocycles. The first-order chi connectivity index (χ1) is 8.91. The quantitative estimate of drug-likeness (QED) is 0.813. The fourth-order valence-electron chi connectivity index (χ4n) is 2.60. The van der Waals surface area contributed by atoms with E-state index in [0.717, 1.165) is 5.56 Å². The van der Waals surface area contributed by atoms with Crippen LogP contribution in [0.5, 0.6) is 0 Å². The lowest BCUT2D eigenvalue weighted by Crippen LogP contribution is -2.41. The fraction of sp³-hybridized carbons (Fsp3) is 0.615. The third-order valence-corrected chi connectivity index (χ3v) is 5.31. The molecule has 1 atom stereocenters. The van der Waals surface area contributed by atoms with Gasteiger partial charge in [0, 0.05) is 32.0 Å². The molecular weight excluding hydrogens is 264 g/mol. The maximum atomic E-state index is 12.3. The molecule has 5 nitrogen and oxygen atoms in total. The molecule has 19 heavy (non-hydrogen) atoms. The summed E-state index contributed by atoms with van der Waals surface area (Å²) < 4.78 is 24.9. The number of carbonyl (C=O) groups is 1. The number of rotatable bonds is 4. The number of likely N-dealkylation sites (N-methyl/N-ethyl adjacent to an activating group) is 1. The lowest BCUT2D eigenvalue weighted by molar-refractivity contribution is -0.132. The van der Waals surface area contributed by atoms with E-state index >= 15 is 0 Å². The summed E-state index contributed by atoms with van der Waals surface area (Å²) in [5, 5.41) is 0. The SMILES string of the molecule is CCN(C(=O)Cc1ccn(C)c1)C1CCS(=O)(=O)C1. The fourth-order valence-corrected chi connectivity index (χ4v) is 4.33. The van der Waals surface area contributed by atoms with E-state index in [1.165, 1.54) is 0 Å². The molecule has 1 aliphatic heterocycles. The summed E-state index contributed by atoms with van der Waals surface area (Å²) in [6.07, 6.45) is 4.72. The lowest BCUT2D eigenvalue weighted by Gasteiger charge is -2.26. The van der Waals surface area contributed by atoms with Crippen LogP contribution < -0.4 is 0 Å². The molecule has 1 aromatic rings. The van der Waals surface area contributed by atoms with Crippen molar-refractivity contribution in [3.05, 3.63) is 24.0 Å². The largest absolute Gasteiger partial charge is 0.357 e. The van der Waals surface area contributed by atoms with Gasteiger partial charge in [-0.25, -0.2) is 8.42 Å². The van der Waals surface area contributed by atoms with Gasteiger partial charge in [-0.1, -0.05) is 0 Å². The standard InChI is InChI=1S/C13H20N2O3S/c1-3-15(12-5-7-19(17,18)10-12)13(16)8-11-4-6-14(2)9-11/h4,6,9,12H,3,5,7-8,10H2,1-2H3. The number of nitrogens with zero attached hydrogens (tertiary/aromatic N) is 2. The highest BCUT2D eigenvalue weighted by Crippen LogP contribution is 2.18. The Labute approximate surface area is 114 Å². The van der Waals surface area contributed by atoms with Crippen LogP contribution in [0.4, 0.5) is 0 Å². The van der Waals surface area contributed by atoms with Crippen molar-refractivity contribution in [3.63, 3.8) is 0 Å². The highest BCUT2D eigenvalue weighted by molar-refractivity contribution is 7.91. The van der Waals surface area contributed by atoms with E-state index in [1.807, 2.05) is 37.0 Å². The van der Waals surface area contributed by atoms with Crippen molar-refractivity contribution < 1.29 is 13.2 Å². The zero-order valence-electron chi connectivity index (χ0n) is 11.4. The minimum atomic E-state index is -2.95. The van der Waals surface area contributed by atoms with E-state index in [1.54, 1.807) is 4.90 Å². The van der Waals surface area contributed by atoms with Crippen molar-refractivity contribution in [1.82, 2.24) is 9.47 Å². The molecule has 6 heteroatoms. The first-order valence-corrected chi connectivity index (χ1v) is 8.34. The van der Waals surface area contributed by atoms with Gasteiger partial charge in [-0.05, 0) is 25.0 Å². The maximum absolute atomic E-state index is 12.3. The number of aryl methyl sites for hydroxylation is 1. The molecule has 106 valence electrons. The van der Waals surface area contributed by atoms with Gasteiger partial charge in [0.05, 0.1) is 17.9 Å². The Morgan fingerprint density at radius 1 is 1.53 bits per heavy atom. The van der Waals surface area contributed by atoms with Crippen molar-refractivity contribution in [2.45, 2.75) is 25.8 Å². The highest BCUT2D eigenvalue weighted by atomic mass is 32.2. The van der Waals surface area contributed by atoms with Gasteiger partial charge in [0.15, 0.2) is 9.84 Å². The van der Waals surface area contributed by atoms with Crippen LogP contribution in [0.3, 0.4) is 0 Å². The van der Waals surface area contributed by atoms with E-state index in [9.17, 15) is 13.2 Å². The Bertz CT molecular complexity index is 562.